The van der Waals surface area contributed by atoms with Crippen molar-refractivity contribution in [1.29, 1.82) is 0 Å². The summed E-state index contributed by atoms with van der Waals surface area (Å²) in [5.41, 5.74) is 1.44. The van der Waals surface area contributed by atoms with Gasteiger partial charge in [-0.3, -0.25) is 0 Å². The van der Waals surface area contributed by atoms with Crippen LogP contribution in [0.1, 0.15) is 22.3 Å². The van der Waals surface area contributed by atoms with Crippen LogP contribution in [0.5, 0.6) is 5.75 Å². The van der Waals surface area contributed by atoms with Crippen molar-refractivity contribution in [2.75, 3.05) is 13.7 Å². The maximum absolute atomic E-state index is 11.8. The van der Waals surface area contributed by atoms with Gasteiger partial charge in [-0.05, 0) is 11.6 Å². The summed E-state index contributed by atoms with van der Waals surface area (Å²) < 4.78 is 10.3. The van der Waals surface area contributed by atoms with Gasteiger partial charge in [0.25, 0.3) is 0 Å². The maximum Gasteiger partial charge on any atom is 0.342 e. The van der Waals surface area contributed by atoms with E-state index in [1.807, 2.05) is 12.1 Å². The van der Waals surface area contributed by atoms with E-state index in [4.69, 9.17) is 14.6 Å². The summed E-state index contributed by atoms with van der Waals surface area (Å²) in [5, 5.41) is 8.84. The fourth-order valence-corrected chi connectivity index (χ4v) is 1.95. The van der Waals surface area contributed by atoms with Gasteiger partial charge in [-0.15, -0.1) is 0 Å². The zero-order valence-electron chi connectivity index (χ0n) is 9.10. The Labute approximate surface area is 93.8 Å². The molecule has 0 aromatic heterocycles. The summed E-state index contributed by atoms with van der Waals surface area (Å²) >= 11 is 0. The van der Waals surface area contributed by atoms with Gasteiger partial charge in [-0.25, -0.2) is 4.79 Å². The second-order valence-electron chi connectivity index (χ2n) is 3.74. The number of aliphatic hydroxyl groups excluding tert-OH is 1. The van der Waals surface area contributed by atoms with E-state index in [1.54, 1.807) is 6.07 Å². The van der Waals surface area contributed by atoms with Crippen LogP contribution in [0.4, 0.5) is 0 Å². The van der Waals surface area contributed by atoms with Crippen molar-refractivity contribution in [3.8, 4) is 5.75 Å². The van der Waals surface area contributed by atoms with Crippen LogP contribution in [0.15, 0.2) is 18.2 Å². The van der Waals surface area contributed by atoms with Crippen molar-refractivity contribution in [2.24, 2.45) is 0 Å². The number of ether oxygens (including phenoxy) is 2. The number of hydrogen-bond acceptors (Lipinski definition) is 4. The highest BCUT2D eigenvalue weighted by Gasteiger charge is 2.28. The SMILES string of the molecule is COc1cccc2c1C(=O)OC(CCO)C2. The lowest BCUT2D eigenvalue weighted by molar-refractivity contribution is 0.0194. The van der Waals surface area contributed by atoms with Crippen LogP contribution in [0.2, 0.25) is 0 Å². The molecule has 4 nitrogen and oxygen atoms in total. The highest BCUT2D eigenvalue weighted by atomic mass is 16.5. The molecule has 1 heterocycles. The van der Waals surface area contributed by atoms with Gasteiger partial charge in [0.2, 0.25) is 0 Å². The fourth-order valence-electron chi connectivity index (χ4n) is 1.95. The van der Waals surface area contributed by atoms with E-state index >= 15 is 0 Å². The van der Waals surface area contributed by atoms with Gasteiger partial charge in [0.1, 0.15) is 17.4 Å². The summed E-state index contributed by atoms with van der Waals surface area (Å²) in [4.78, 5) is 11.8. The Morgan fingerprint density at radius 1 is 1.56 bits per heavy atom. The normalized spacial score (nSPS) is 18.9. The second-order valence-corrected chi connectivity index (χ2v) is 3.74. The average molecular weight is 222 g/mol. The van der Waals surface area contributed by atoms with Crippen molar-refractivity contribution < 1.29 is 19.4 Å². The zero-order valence-corrected chi connectivity index (χ0v) is 9.10. The van der Waals surface area contributed by atoms with Crippen molar-refractivity contribution in [3.05, 3.63) is 29.3 Å². The molecule has 4 heteroatoms. The monoisotopic (exact) mass is 222 g/mol. The molecule has 16 heavy (non-hydrogen) atoms. The minimum atomic E-state index is -0.364. The Balaban J connectivity index is 2.34. The minimum Gasteiger partial charge on any atom is -0.496 e. The largest absolute Gasteiger partial charge is 0.496 e. The average Bonchev–Trinajstić information content (AvgIpc) is 2.28. The predicted molar refractivity (Wildman–Crippen MR) is 57.6 cm³/mol. The lowest BCUT2D eigenvalue weighted by atomic mass is 9.96. The van der Waals surface area contributed by atoms with E-state index in [-0.39, 0.29) is 18.7 Å². The first-order valence-electron chi connectivity index (χ1n) is 5.24. The van der Waals surface area contributed by atoms with Crippen LogP contribution in [-0.4, -0.2) is 30.9 Å². The number of carbonyl (C=O) groups is 1. The highest BCUT2D eigenvalue weighted by molar-refractivity contribution is 5.95. The number of aliphatic hydroxyl groups is 1. The van der Waals surface area contributed by atoms with Crippen LogP contribution in [-0.2, 0) is 11.2 Å². The Bertz CT molecular complexity index is 400. The second kappa shape index (κ2) is 4.53. The number of rotatable bonds is 3. The first kappa shape index (κ1) is 11.0. The van der Waals surface area contributed by atoms with E-state index in [9.17, 15) is 4.79 Å². The molecule has 1 aromatic carbocycles. The minimum absolute atomic E-state index is 0.0250. The quantitative estimate of drug-likeness (QED) is 0.780. The zero-order chi connectivity index (χ0) is 11.5. The molecule has 0 bridgehead atoms. The molecule has 0 radical (unpaired) electrons. The van der Waals surface area contributed by atoms with Gasteiger partial charge in [0.15, 0.2) is 0 Å². The molecule has 0 saturated carbocycles. The van der Waals surface area contributed by atoms with Gasteiger partial charge >= 0.3 is 5.97 Å². The lowest BCUT2D eigenvalue weighted by Gasteiger charge is -2.25. The van der Waals surface area contributed by atoms with Crippen molar-refractivity contribution in [3.63, 3.8) is 0 Å². The Kier molecular flexibility index (Phi) is 3.10. The molecule has 1 aromatic rings. The van der Waals surface area contributed by atoms with E-state index in [2.05, 4.69) is 0 Å². The van der Waals surface area contributed by atoms with Gasteiger partial charge in [0, 0.05) is 19.4 Å². The Morgan fingerprint density at radius 3 is 3.06 bits per heavy atom. The van der Waals surface area contributed by atoms with Crippen molar-refractivity contribution in [2.45, 2.75) is 18.9 Å². The van der Waals surface area contributed by atoms with E-state index in [0.29, 0.717) is 24.2 Å². The third kappa shape index (κ3) is 1.88. The highest BCUT2D eigenvalue weighted by Crippen LogP contribution is 2.29. The van der Waals surface area contributed by atoms with Gasteiger partial charge in [-0.2, -0.15) is 0 Å². The summed E-state index contributed by atoms with van der Waals surface area (Å²) in [6, 6.07) is 5.49. The first-order valence-corrected chi connectivity index (χ1v) is 5.24. The molecule has 0 amide bonds. The number of fused-ring (bicyclic) bond motifs is 1. The number of cyclic esters (lactones) is 1. The van der Waals surface area contributed by atoms with Crippen molar-refractivity contribution in [1.82, 2.24) is 0 Å². The molecule has 1 aliphatic heterocycles. The number of carbonyl (C=O) groups excluding carboxylic acids is 1. The topological polar surface area (TPSA) is 55.8 Å². The number of esters is 1. The summed E-state index contributed by atoms with van der Waals surface area (Å²) in [7, 11) is 1.53. The molecule has 1 atom stereocenters. The third-order valence-corrected chi connectivity index (χ3v) is 2.71. The maximum atomic E-state index is 11.8. The first-order chi connectivity index (χ1) is 7.76. The Morgan fingerprint density at radius 2 is 2.38 bits per heavy atom. The standard InChI is InChI=1S/C12H14O4/c1-15-10-4-2-3-8-7-9(5-6-13)16-12(14)11(8)10/h2-4,9,13H,5-7H2,1H3. The van der Waals surface area contributed by atoms with Crippen LogP contribution >= 0.6 is 0 Å². The molecule has 1 aliphatic rings. The van der Waals surface area contributed by atoms with Gasteiger partial charge in [0.05, 0.1) is 7.11 Å². The third-order valence-electron chi connectivity index (χ3n) is 2.71. The molecule has 86 valence electrons. The predicted octanol–water partition coefficient (Wildman–Crippen LogP) is 1.16. The molecular weight excluding hydrogens is 208 g/mol. The number of hydrogen-bond donors (Lipinski definition) is 1. The molecule has 2 rings (SSSR count). The van der Waals surface area contributed by atoms with E-state index in [1.165, 1.54) is 7.11 Å². The molecule has 1 unspecified atom stereocenters. The summed E-state index contributed by atoms with van der Waals surface area (Å²) in [6.07, 6.45) is 0.887. The smallest absolute Gasteiger partial charge is 0.342 e. The van der Waals surface area contributed by atoms with Crippen LogP contribution < -0.4 is 4.74 Å². The molecule has 1 N–H and O–H groups in total. The van der Waals surface area contributed by atoms with E-state index in [0.717, 1.165) is 5.56 Å². The summed E-state index contributed by atoms with van der Waals surface area (Å²) in [6.45, 7) is 0.0250. The molecule has 0 aliphatic carbocycles. The fraction of sp³-hybridized carbons (Fsp3) is 0.417. The Hall–Kier alpha value is -1.55. The number of benzene rings is 1. The van der Waals surface area contributed by atoms with Gasteiger partial charge < -0.3 is 14.6 Å². The van der Waals surface area contributed by atoms with E-state index < -0.39 is 0 Å². The van der Waals surface area contributed by atoms with Gasteiger partial charge in [-0.1, -0.05) is 12.1 Å². The molecule has 0 fully saturated rings. The molecular formula is C12H14O4. The van der Waals surface area contributed by atoms with Crippen LogP contribution in [0.25, 0.3) is 0 Å². The van der Waals surface area contributed by atoms with Crippen molar-refractivity contribution >= 4 is 5.97 Å². The van der Waals surface area contributed by atoms with Crippen LogP contribution in [0, 0.1) is 0 Å². The summed E-state index contributed by atoms with van der Waals surface area (Å²) in [5.74, 6) is 0.182. The lowest BCUT2D eigenvalue weighted by Crippen LogP contribution is -2.28. The van der Waals surface area contributed by atoms with Crippen LogP contribution in [0.3, 0.4) is 0 Å². The molecule has 0 spiro atoms. The molecule has 0 saturated heterocycles. The number of methoxy groups -OCH3 is 1.